The molecule has 0 unspecified atom stereocenters. The van der Waals surface area contributed by atoms with Gasteiger partial charge in [0.05, 0.1) is 5.02 Å². The van der Waals surface area contributed by atoms with E-state index in [2.05, 4.69) is 11.8 Å². The fraction of sp³-hybridized carbons (Fsp3) is 0.462. The van der Waals surface area contributed by atoms with Crippen LogP contribution in [0.2, 0.25) is 5.02 Å². The van der Waals surface area contributed by atoms with Crippen LogP contribution < -0.4 is 4.74 Å². The van der Waals surface area contributed by atoms with Crippen molar-refractivity contribution in [1.82, 2.24) is 4.90 Å². The zero-order valence-electron chi connectivity index (χ0n) is 9.42. The molecule has 2 nitrogen and oxygen atoms in total. The van der Waals surface area contributed by atoms with E-state index in [-0.39, 0.29) is 0 Å². The van der Waals surface area contributed by atoms with E-state index in [0.717, 1.165) is 17.9 Å². The van der Waals surface area contributed by atoms with E-state index in [1.54, 1.807) is 0 Å². The van der Waals surface area contributed by atoms with E-state index in [0.29, 0.717) is 11.6 Å². The smallest absolute Gasteiger partial charge is 0.137 e. The van der Waals surface area contributed by atoms with Gasteiger partial charge in [-0.3, -0.25) is 4.90 Å². The Kier molecular flexibility index (Phi) is 4.08. The third-order valence-electron chi connectivity index (χ3n) is 2.86. The second kappa shape index (κ2) is 5.55. The highest BCUT2D eigenvalue weighted by atomic mass is 35.5. The van der Waals surface area contributed by atoms with E-state index >= 15 is 0 Å². The number of nitrogens with zero attached hydrogens (tertiary/aromatic N) is 1. The van der Waals surface area contributed by atoms with Crippen LogP contribution in [0.1, 0.15) is 18.4 Å². The quantitative estimate of drug-likeness (QED) is 0.800. The van der Waals surface area contributed by atoms with Crippen molar-refractivity contribution in [3.05, 3.63) is 35.7 Å². The molecule has 1 aromatic rings. The Morgan fingerprint density at radius 1 is 1.31 bits per heavy atom. The maximum Gasteiger partial charge on any atom is 0.137 e. The van der Waals surface area contributed by atoms with Crippen molar-refractivity contribution in [3.8, 4) is 5.75 Å². The Labute approximate surface area is 102 Å². The minimum absolute atomic E-state index is 0.647. The molecule has 0 aliphatic carbocycles. The lowest BCUT2D eigenvalue weighted by atomic mass is 10.2. The van der Waals surface area contributed by atoms with Crippen LogP contribution in [0.5, 0.6) is 5.75 Å². The first-order valence-corrected chi connectivity index (χ1v) is 6.10. The third kappa shape index (κ3) is 3.13. The molecule has 0 N–H and O–H groups in total. The van der Waals surface area contributed by atoms with Crippen molar-refractivity contribution in [1.29, 1.82) is 0 Å². The van der Waals surface area contributed by atoms with Crippen molar-refractivity contribution in [2.24, 2.45) is 0 Å². The van der Waals surface area contributed by atoms with Gasteiger partial charge in [-0.05, 0) is 50.6 Å². The Hall–Kier alpha value is -0.730. The standard InChI is InChI=1S/C13H17ClNO/c1-11-4-5-13(12(14)10-11)16-9-8-15-6-2-3-7-15/h4-5,10H,1-3,6-9H2. The summed E-state index contributed by atoms with van der Waals surface area (Å²) in [7, 11) is 0. The van der Waals surface area contributed by atoms with Gasteiger partial charge in [0.15, 0.2) is 0 Å². The highest BCUT2D eigenvalue weighted by Crippen LogP contribution is 2.25. The molecule has 0 saturated carbocycles. The van der Waals surface area contributed by atoms with Crippen LogP contribution in [-0.2, 0) is 0 Å². The summed E-state index contributed by atoms with van der Waals surface area (Å²) in [5.41, 5.74) is 0.914. The molecule has 87 valence electrons. The Morgan fingerprint density at radius 2 is 2.06 bits per heavy atom. The molecule has 0 spiro atoms. The van der Waals surface area contributed by atoms with Gasteiger partial charge < -0.3 is 4.74 Å². The monoisotopic (exact) mass is 238 g/mol. The first kappa shape index (κ1) is 11.7. The summed E-state index contributed by atoms with van der Waals surface area (Å²) in [6, 6.07) is 5.62. The van der Waals surface area contributed by atoms with Gasteiger partial charge in [0, 0.05) is 6.54 Å². The molecule has 0 amide bonds. The number of benzene rings is 1. The molecule has 1 aliphatic rings. The molecule has 3 heteroatoms. The van der Waals surface area contributed by atoms with Crippen molar-refractivity contribution < 1.29 is 4.74 Å². The summed E-state index contributed by atoms with van der Waals surface area (Å²) in [5.74, 6) is 0.758. The van der Waals surface area contributed by atoms with Crippen molar-refractivity contribution >= 4 is 11.6 Å². The molecule has 16 heavy (non-hydrogen) atoms. The van der Waals surface area contributed by atoms with Gasteiger partial charge in [0.25, 0.3) is 0 Å². The largest absolute Gasteiger partial charge is 0.491 e. The normalized spacial score (nSPS) is 16.6. The Morgan fingerprint density at radius 3 is 2.75 bits per heavy atom. The van der Waals surface area contributed by atoms with E-state index in [1.165, 1.54) is 25.9 Å². The van der Waals surface area contributed by atoms with Crippen LogP contribution in [0.3, 0.4) is 0 Å². The second-order valence-corrected chi connectivity index (χ2v) is 4.57. The van der Waals surface area contributed by atoms with E-state index < -0.39 is 0 Å². The molecule has 1 fully saturated rings. The van der Waals surface area contributed by atoms with E-state index in [9.17, 15) is 0 Å². The minimum atomic E-state index is 0.647. The fourth-order valence-corrected chi connectivity index (χ4v) is 2.21. The van der Waals surface area contributed by atoms with Gasteiger partial charge in [0.1, 0.15) is 12.4 Å². The van der Waals surface area contributed by atoms with Crippen molar-refractivity contribution in [2.75, 3.05) is 26.2 Å². The van der Waals surface area contributed by atoms with Crippen LogP contribution in [0.15, 0.2) is 18.2 Å². The highest BCUT2D eigenvalue weighted by molar-refractivity contribution is 6.32. The molecule has 1 aliphatic heterocycles. The lowest BCUT2D eigenvalue weighted by Gasteiger charge is -2.15. The van der Waals surface area contributed by atoms with E-state index in [1.807, 2.05) is 18.2 Å². The molecule has 0 atom stereocenters. The van der Waals surface area contributed by atoms with Crippen molar-refractivity contribution in [3.63, 3.8) is 0 Å². The lowest BCUT2D eigenvalue weighted by Crippen LogP contribution is -2.25. The number of likely N-dealkylation sites (tertiary alicyclic amines) is 1. The van der Waals surface area contributed by atoms with Gasteiger partial charge in [-0.1, -0.05) is 17.7 Å². The van der Waals surface area contributed by atoms with Gasteiger partial charge in [-0.15, -0.1) is 0 Å². The number of hydrogen-bond donors (Lipinski definition) is 0. The first-order valence-electron chi connectivity index (χ1n) is 5.72. The minimum Gasteiger partial charge on any atom is -0.491 e. The molecule has 1 radical (unpaired) electrons. The molecule has 1 aromatic carbocycles. The van der Waals surface area contributed by atoms with Gasteiger partial charge in [-0.25, -0.2) is 0 Å². The summed E-state index contributed by atoms with van der Waals surface area (Å²) in [4.78, 5) is 2.42. The van der Waals surface area contributed by atoms with Crippen LogP contribution in [0.4, 0.5) is 0 Å². The summed E-state index contributed by atoms with van der Waals surface area (Å²) >= 11 is 6.05. The summed E-state index contributed by atoms with van der Waals surface area (Å²) in [6.45, 7) is 7.92. The zero-order valence-corrected chi connectivity index (χ0v) is 10.2. The maximum atomic E-state index is 6.05. The summed E-state index contributed by atoms with van der Waals surface area (Å²) in [5, 5.41) is 0.647. The predicted octanol–water partition coefficient (Wildman–Crippen LogP) is 3.00. The highest BCUT2D eigenvalue weighted by Gasteiger charge is 2.11. The second-order valence-electron chi connectivity index (χ2n) is 4.16. The molecule has 0 bridgehead atoms. The molecular formula is C13H17ClNO. The molecule has 0 aromatic heterocycles. The Bertz CT molecular complexity index is 348. The van der Waals surface area contributed by atoms with Crippen LogP contribution in [0, 0.1) is 6.92 Å². The molecule has 1 heterocycles. The summed E-state index contributed by atoms with van der Waals surface area (Å²) in [6.07, 6.45) is 2.63. The van der Waals surface area contributed by atoms with E-state index in [4.69, 9.17) is 16.3 Å². The zero-order chi connectivity index (χ0) is 11.4. The fourth-order valence-electron chi connectivity index (χ4n) is 1.95. The number of halogens is 1. The lowest BCUT2D eigenvalue weighted by molar-refractivity contribution is 0.238. The number of rotatable bonds is 4. The number of ether oxygens (including phenoxy) is 1. The van der Waals surface area contributed by atoms with Crippen LogP contribution in [0.25, 0.3) is 0 Å². The third-order valence-corrected chi connectivity index (χ3v) is 3.16. The topological polar surface area (TPSA) is 12.5 Å². The first-order chi connectivity index (χ1) is 7.75. The van der Waals surface area contributed by atoms with Crippen LogP contribution in [-0.4, -0.2) is 31.1 Å². The van der Waals surface area contributed by atoms with Gasteiger partial charge in [-0.2, -0.15) is 0 Å². The maximum absolute atomic E-state index is 6.05. The van der Waals surface area contributed by atoms with Gasteiger partial charge in [0.2, 0.25) is 0 Å². The molecule has 2 rings (SSSR count). The SMILES string of the molecule is [CH2]c1ccc(OCCN2CCCC2)c(Cl)c1. The predicted molar refractivity (Wildman–Crippen MR) is 67.1 cm³/mol. The Balaban J connectivity index is 1.80. The molecular weight excluding hydrogens is 222 g/mol. The molecule has 1 saturated heterocycles. The van der Waals surface area contributed by atoms with Gasteiger partial charge >= 0.3 is 0 Å². The summed E-state index contributed by atoms with van der Waals surface area (Å²) < 4.78 is 5.65. The average Bonchev–Trinajstić information content (AvgIpc) is 2.74. The average molecular weight is 239 g/mol. The van der Waals surface area contributed by atoms with Crippen molar-refractivity contribution in [2.45, 2.75) is 12.8 Å². The number of hydrogen-bond acceptors (Lipinski definition) is 2. The van der Waals surface area contributed by atoms with Crippen LogP contribution >= 0.6 is 11.6 Å².